The van der Waals surface area contributed by atoms with Crippen molar-refractivity contribution in [1.29, 1.82) is 0 Å². The Morgan fingerprint density at radius 3 is 2.69 bits per heavy atom. The maximum Gasteiger partial charge on any atom is 0.0548 e. The average Bonchev–Trinajstić information content (AvgIpc) is 2.91. The quantitative estimate of drug-likeness (QED) is 0.865. The van der Waals surface area contributed by atoms with Crippen LogP contribution in [-0.4, -0.2) is 0 Å². The summed E-state index contributed by atoms with van der Waals surface area (Å²) < 4.78 is 0.933. The Morgan fingerprint density at radius 1 is 1.46 bits per heavy atom. The zero-order valence-electron chi connectivity index (χ0n) is 7.13. The second-order valence-electron chi connectivity index (χ2n) is 3.54. The minimum Gasteiger partial charge on any atom is -0.324 e. The number of hydrogen-bond donors (Lipinski definition) is 1. The van der Waals surface area contributed by atoms with Crippen molar-refractivity contribution in [2.24, 2.45) is 11.7 Å². The van der Waals surface area contributed by atoms with E-state index in [9.17, 15) is 0 Å². The molecule has 0 spiro atoms. The molecule has 1 aromatic carbocycles. The van der Waals surface area contributed by atoms with E-state index in [1.165, 1.54) is 18.4 Å². The van der Waals surface area contributed by atoms with Crippen LogP contribution in [0.4, 0.5) is 0 Å². The van der Waals surface area contributed by atoms with E-state index in [-0.39, 0.29) is 6.04 Å². The van der Waals surface area contributed by atoms with Gasteiger partial charge < -0.3 is 5.73 Å². The molecule has 1 aliphatic rings. The molecule has 1 saturated carbocycles. The van der Waals surface area contributed by atoms with Crippen LogP contribution in [0, 0.1) is 5.92 Å². The van der Waals surface area contributed by atoms with Crippen molar-refractivity contribution in [3.8, 4) is 0 Å². The number of benzene rings is 1. The first-order valence-electron chi connectivity index (χ1n) is 4.39. The van der Waals surface area contributed by atoms with E-state index in [4.69, 9.17) is 17.3 Å². The maximum absolute atomic E-state index is 6.06. The van der Waals surface area contributed by atoms with Gasteiger partial charge in [0, 0.05) is 10.5 Å². The molecule has 0 unspecified atom stereocenters. The van der Waals surface area contributed by atoms with Gasteiger partial charge in [0.15, 0.2) is 0 Å². The summed E-state index contributed by atoms with van der Waals surface area (Å²) >= 11 is 9.29. The molecular formula is C10H11BrClN. The molecule has 0 amide bonds. The Morgan fingerprint density at radius 2 is 2.15 bits per heavy atom. The SMILES string of the molecule is N[C@@H](c1ccc(Cl)c(Br)c1)C1CC1. The molecule has 0 bridgehead atoms. The van der Waals surface area contributed by atoms with Crippen LogP contribution in [0.1, 0.15) is 24.4 Å². The van der Waals surface area contributed by atoms with Crippen LogP contribution in [-0.2, 0) is 0 Å². The summed E-state index contributed by atoms with van der Waals surface area (Å²) in [4.78, 5) is 0. The molecule has 3 heteroatoms. The first kappa shape index (κ1) is 9.50. The van der Waals surface area contributed by atoms with Gasteiger partial charge in [-0.3, -0.25) is 0 Å². The Bertz CT molecular complexity index is 323. The number of hydrogen-bond acceptors (Lipinski definition) is 1. The van der Waals surface area contributed by atoms with Gasteiger partial charge in [0.25, 0.3) is 0 Å². The van der Waals surface area contributed by atoms with E-state index < -0.39 is 0 Å². The third-order valence-electron chi connectivity index (χ3n) is 2.46. The summed E-state index contributed by atoms with van der Waals surface area (Å²) in [6, 6.07) is 6.11. The van der Waals surface area contributed by atoms with Crippen molar-refractivity contribution in [3.05, 3.63) is 33.3 Å². The monoisotopic (exact) mass is 259 g/mol. The van der Waals surface area contributed by atoms with Crippen molar-refractivity contribution in [1.82, 2.24) is 0 Å². The Labute approximate surface area is 91.4 Å². The zero-order valence-corrected chi connectivity index (χ0v) is 9.48. The van der Waals surface area contributed by atoms with Crippen molar-refractivity contribution in [3.63, 3.8) is 0 Å². The van der Waals surface area contributed by atoms with E-state index in [0.29, 0.717) is 5.92 Å². The van der Waals surface area contributed by atoms with Crippen molar-refractivity contribution in [2.75, 3.05) is 0 Å². The molecule has 1 fully saturated rings. The minimum atomic E-state index is 0.188. The van der Waals surface area contributed by atoms with Gasteiger partial charge in [-0.25, -0.2) is 0 Å². The van der Waals surface area contributed by atoms with Crippen molar-refractivity contribution < 1.29 is 0 Å². The summed E-state index contributed by atoms with van der Waals surface area (Å²) in [6.45, 7) is 0. The highest BCUT2D eigenvalue weighted by Gasteiger charge is 2.29. The van der Waals surface area contributed by atoms with Crippen LogP contribution in [0.3, 0.4) is 0 Å². The lowest BCUT2D eigenvalue weighted by molar-refractivity contribution is 0.633. The number of halogens is 2. The third kappa shape index (κ3) is 2.06. The van der Waals surface area contributed by atoms with E-state index in [1.807, 2.05) is 18.2 Å². The standard InChI is InChI=1S/C10H11BrClN/c11-8-5-7(3-4-9(8)12)10(13)6-1-2-6/h3-6,10H,1-2,13H2/t10-/m1/s1. The normalized spacial score (nSPS) is 18.7. The van der Waals surface area contributed by atoms with Crippen molar-refractivity contribution >= 4 is 27.5 Å². The van der Waals surface area contributed by atoms with Gasteiger partial charge in [-0.1, -0.05) is 17.7 Å². The molecule has 0 radical (unpaired) electrons. The van der Waals surface area contributed by atoms with Crippen molar-refractivity contribution in [2.45, 2.75) is 18.9 Å². The third-order valence-corrected chi connectivity index (χ3v) is 3.67. The van der Waals surface area contributed by atoms with Gasteiger partial charge in [-0.2, -0.15) is 0 Å². The summed E-state index contributed by atoms with van der Waals surface area (Å²) in [5.41, 5.74) is 7.23. The number of nitrogens with two attached hydrogens (primary N) is 1. The summed E-state index contributed by atoms with van der Waals surface area (Å²) in [5.74, 6) is 0.688. The van der Waals surface area contributed by atoms with Crippen LogP contribution in [0.25, 0.3) is 0 Å². The Hall–Kier alpha value is -0.0500. The van der Waals surface area contributed by atoms with E-state index in [2.05, 4.69) is 15.9 Å². The molecule has 2 N–H and O–H groups in total. The van der Waals surface area contributed by atoms with Gasteiger partial charge in [-0.15, -0.1) is 0 Å². The fourth-order valence-electron chi connectivity index (χ4n) is 1.45. The highest BCUT2D eigenvalue weighted by atomic mass is 79.9. The van der Waals surface area contributed by atoms with Gasteiger partial charge in [0.1, 0.15) is 0 Å². The van der Waals surface area contributed by atoms with Crippen LogP contribution in [0.5, 0.6) is 0 Å². The van der Waals surface area contributed by atoms with E-state index in [1.54, 1.807) is 0 Å². The molecule has 0 saturated heterocycles. The Kier molecular flexibility index (Phi) is 2.63. The number of rotatable bonds is 2. The predicted octanol–water partition coefficient (Wildman–Crippen LogP) is 3.51. The summed E-state index contributed by atoms with van der Waals surface area (Å²) in [5, 5.41) is 0.742. The van der Waals surface area contributed by atoms with Gasteiger partial charge in [0.05, 0.1) is 5.02 Å². The van der Waals surface area contributed by atoms with Gasteiger partial charge >= 0.3 is 0 Å². The molecule has 0 aromatic heterocycles. The molecule has 13 heavy (non-hydrogen) atoms. The lowest BCUT2D eigenvalue weighted by atomic mass is 10.0. The molecular weight excluding hydrogens is 249 g/mol. The van der Waals surface area contributed by atoms with E-state index in [0.717, 1.165) is 9.50 Å². The average molecular weight is 261 g/mol. The smallest absolute Gasteiger partial charge is 0.0548 e. The second-order valence-corrected chi connectivity index (χ2v) is 4.80. The van der Waals surface area contributed by atoms with Crippen LogP contribution >= 0.6 is 27.5 Å². The highest BCUT2D eigenvalue weighted by molar-refractivity contribution is 9.10. The highest BCUT2D eigenvalue weighted by Crippen LogP contribution is 2.40. The molecule has 70 valence electrons. The van der Waals surface area contributed by atoms with Gasteiger partial charge in [0.2, 0.25) is 0 Å². The van der Waals surface area contributed by atoms with Gasteiger partial charge in [-0.05, 0) is 52.4 Å². The lowest BCUT2D eigenvalue weighted by Crippen LogP contribution is -2.12. The summed E-state index contributed by atoms with van der Waals surface area (Å²) in [7, 11) is 0. The van der Waals surface area contributed by atoms with Crippen LogP contribution in [0.15, 0.2) is 22.7 Å². The second kappa shape index (κ2) is 3.60. The lowest BCUT2D eigenvalue weighted by Gasteiger charge is -2.11. The molecule has 0 heterocycles. The Balaban J connectivity index is 2.24. The minimum absolute atomic E-state index is 0.188. The fraction of sp³-hybridized carbons (Fsp3) is 0.400. The molecule has 1 atom stereocenters. The summed E-state index contributed by atoms with van der Waals surface area (Å²) in [6.07, 6.45) is 2.53. The molecule has 1 aliphatic carbocycles. The van der Waals surface area contributed by atoms with Crippen LogP contribution in [0.2, 0.25) is 5.02 Å². The first-order valence-corrected chi connectivity index (χ1v) is 5.56. The largest absolute Gasteiger partial charge is 0.324 e. The maximum atomic E-state index is 6.06. The zero-order chi connectivity index (χ0) is 9.42. The molecule has 1 nitrogen and oxygen atoms in total. The van der Waals surface area contributed by atoms with E-state index >= 15 is 0 Å². The fourth-order valence-corrected chi connectivity index (χ4v) is 1.96. The topological polar surface area (TPSA) is 26.0 Å². The first-order chi connectivity index (χ1) is 6.18. The van der Waals surface area contributed by atoms with Crippen LogP contribution < -0.4 is 5.73 Å². The predicted molar refractivity (Wildman–Crippen MR) is 58.8 cm³/mol. The molecule has 1 aromatic rings. The molecule has 2 rings (SSSR count). The molecule has 0 aliphatic heterocycles.